The summed E-state index contributed by atoms with van der Waals surface area (Å²) in [5.41, 5.74) is 6.33. The lowest BCUT2D eigenvalue weighted by Crippen LogP contribution is -2.19. The zero-order valence-electron chi connectivity index (χ0n) is 13.9. The van der Waals surface area contributed by atoms with E-state index in [1.54, 1.807) is 13.3 Å². The van der Waals surface area contributed by atoms with E-state index in [0.717, 1.165) is 17.1 Å². The van der Waals surface area contributed by atoms with Crippen molar-refractivity contribution in [2.45, 2.75) is 6.04 Å². The third-order valence-corrected chi connectivity index (χ3v) is 3.75. The van der Waals surface area contributed by atoms with Crippen molar-refractivity contribution in [3.05, 3.63) is 66.1 Å². The van der Waals surface area contributed by atoms with Gasteiger partial charge in [0.25, 0.3) is 5.91 Å². The number of carbonyl (C=O) groups excluding carboxylic acids is 1. The summed E-state index contributed by atoms with van der Waals surface area (Å²) in [6, 6.07) is 7.34. The van der Waals surface area contributed by atoms with Crippen LogP contribution in [0.25, 0.3) is 0 Å². The van der Waals surface area contributed by atoms with Crippen molar-refractivity contribution in [2.24, 2.45) is 12.8 Å². The minimum absolute atomic E-state index is 0.0957. The molecule has 3 aromatic rings. The number of carbonyl (C=O) groups is 1. The van der Waals surface area contributed by atoms with Crippen molar-refractivity contribution in [1.29, 1.82) is 0 Å². The van der Waals surface area contributed by atoms with E-state index in [1.165, 1.54) is 12.4 Å². The number of rotatable bonds is 6. The Bertz CT molecular complexity index is 875. The highest BCUT2D eigenvalue weighted by atomic mass is 16.5. The van der Waals surface area contributed by atoms with Crippen LogP contribution in [0.3, 0.4) is 0 Å². The summed E-state index contributed by atoms with van der Waals surface area (Å²) in [4.78, 5) is 24.0. The summed E-state index contributed by atoms with van der Waals surface area (Å²) >= 11 is 0. The number of amides is 1. The van der Waals surface area contributed by atoms with Gasteiger partial charge in [-0.2, -0.15) is 0 Å². The van der Waals surface area contributed by atoms with E-state index in [2.05, 4.69) is 20.3 Å². The molecule has 3 rings (SSSR count). The van der Waals surface area contributed by atoms with E-state index in [-0.39, 0.29) is 11.7 Å². The fourth-order valence-electron chi connectivity index (χ4n) is 2.45. The molecule has 1 atom stereocenters. The van der Waals surface area contributed by atoms with Crippen molar-refractivity contribution in [3.63, 3.8) is 0 Å². The predicted octanol–water partition coefficient (Wildman–Crippen LogP) is 1.52. The normalized spacial score (nSPS) is 11.8. The summed E-state index contributed by atoms with van der Waals surface area (Å²) in [7, 11) is 3.53. The Morgan fingerprint density at radius 3 is 2.64 bits per heavy atom. The molecule has 1 amide bonds. The first-order valence-corrected chi connectivity index (χ1v) is 7.58. The van der Waals surface area contributed by atoms with E-state index < -0.39 is 5.91 Å². The second-order valence-electron chi connectivity index (χ2n) is 5.40. The van der Waals surface area contributed by atoms with Crippen LogP contribution in [0.2, 0.25) is 0 Å². The van der Waals surface area contributed by atoms with Crippen molar-refractivity contribution < 1.29 is 9.53 Å². The van der Waals surface area contributed by atoms with Gasteiger partial charge in [-0.15, -0.1) is 0 Å². The highest BCUT2D eigenvalue weighted by molar-refractivity contribution is 5.90. The van der Waals surface area contributed by atoms with Gasteiger partial charge in [-0.3, -0.25) is 9.78 Å². The number of hydrogen-bond donors (Lipinski definition) is 2. The molecule has 0 spiro atoms. The first kappa shape index (κ1) is 16.4. The van der Waals surface area contributed by atoms with Gasteiger partial charge >= 0.3 is 0 Å². The van der Waals surface area contributed by atoms with E-state index in [9.17, 15) is 4.79 Å². The van der Waals surface area contributed by atoms with Crippen LogP contribution in [0.15, 0.2) is 49.1 Å². The Balaban J connectivity index is 1.98. The molecule has 0 aliphatic rings. The molecule has 1 aromatic carbocycles. The molecule has 8 heteroatoms. The standard InChI is InChI=1S/C17H18N6O2/c1-23-8-7-20-17(23)15(11-3-5-12(25-2)6-4-11)22-14-10-19-9-13(21-14)16(18)24/h3-10,15H,1-2H3,(H2,18,24)(H,21,22)/t15-/m1/s1. The number of aromatic nitrogens is 4. The summed E-state index contributed by atoms with van der Waals surface area (Å²) in [6.07, 6.45) is 6.45. The first-order valence-electron chi connectivity index (χ1n) is 7.58. The minimum atomic E-state index is -0.630. The minimum Gasteiger partial charge on any atom is -0.497 e. The van der Waals surface area contributed by atoms with Crippen LogP contribution in [-0.2, 0) is 7.05 Å². The van der Waals surface area contributed by atoms with E-state index in [0.29, 0.717) is 5.82 Å². The van der Waals surface area contributed by atoms with Crippen LogP contribution in [0.1, 0.15) is 27.9 Å². The quantitative estimate of drug-likeness (QED) is 0.705. The zero-order valence-corrected chi connectivity index (χ0v) is 13.9. The van der Waals surface area contributed by atoms with Gasteiger partial charge in [0.15, 0.2) is 0 Å². The lowest BCUT2D eigenvalue weighted by atomic mass is 10.1. The van der Waals surface area contributed by atoms with E-state index >= 15 is 0 Å². The van der Waals surface area contributed by atoms with Gasteiger partial charge in [0.2, 0.25) is 0 Å². The van der Waals surface area contributed by atoms with Crippen LogP contribution in [0, 0.1) is 0 Å². The van der Waals surface area contributed by atoms with Crippen molar-refractivity contribution >= 4 is 11.7 Å². The van der Waals surface area contributed by atoms with Gasteiger partial charge < -0.3 is 20.4 Å². The second-order valence-corrected chi connectivity index (χ2v) is 5.40. The Kier molecular flexibility index (Phi) is 4.60. The molecule has 0 bridgehead atoms. The number of hydrogen-bond acceptors (Lipinski definition) is 6. The van der Waals surface area contributed by atoms with Crippen molar-refractivity contribution in [1.82, 2.24) is 19.5 Å². The molecule has 0 saturated heterocycles. The Morgan fingerprint density at radius 2 is 2.04 bits per heavy atom. The maximum absolute atomic E-state index is 11.3. The molecule has 0 fully saturated rings. The molecule has 8 nitrogen and oxygen atoms in total. The average molecular weight is 338 g/mol. The van der Waals surface area contributed by atoms with Crippen LogP contribution in [0.4, 0.5) is 5.82 Å². The van der Waals surface area contributed by atoms with Gasteiger partial charge in [0, 0.05) is 19.4 Å². The smallest absolute Gasteiger partial charge is 0.268 e. The molecular weight excluding hydrogens is 320 g/mol. The van der Waals surface area contributed by atoms with Crippen LogP contribution in [-0.4, -0.2) is 32.5 Å². The molecule has 0 aliphatic heterocycles. The molecule has 2 aromatic heterocycles. The number of nitrogens with two attached hydrogens (primary N) is 1. The number of benzene rings is 1. The first-order chi connectivity index (χ1) is 12.1. The maximum atomic E-state index is 11.3. The predicted molar refractivity (Wildman–Crippen MR) is 92.2 cm³/mol. The number of primary amides is 1. The highest BCUT2D eigenvalue weighted by Crippen LogP contribution is 2.26. The Labute approximate surface area is 144 Å². The van der Waals surface area contributed by atoms with Crippen molar-refractivity contribution in [3.8, 4) is 5.75 Å². The molecule has 2 heterocycles. The Hall–Kier alpha value is -3.42. The molecule has 0 aliphatic carbocycles. The fourth-order valence-corrected chi connectivity index (χ4v) is 2.45. The fraction of sp³-hybridized carbons (Fsp3) is 0.176. The molecule has 3 N–H and O–H groups in total. The zero-order chi connectivity index (χ0) is 17.8. The third-order valence-electron chi connectivity index (χ3n) is 3.75. The molecule has 0 unspecified atom stereocenters. The molecular formula is C17H18N6O2. The van der Waals surface area contributed by atoms with Gasteiger partial charge in [0.1, 0.15) is 29.1 Å². The summed E-state index contributed by atoms with van der Waals surface area (Å²) < 4.78 is 7.12. The SMILES string of the molecule is COc1ccc([C@@H](Nc2cncc(C(N)=O)n2)c2nccn2C)cc1. The number of imidazole rings is 1. The molecule has 128 valence electrons. The van der Waals surface area contributed by atoms with E-state index in [1.807, 2.05) is 42.1 Å². The number of ether oxygens (including phenoxy) is 1. The van der Waals surface area contributed by atoms with Crippen LogP contribution >= 0.6 is 0 Å². The Morgan fingerprint density at radius 1 is 1.28 bits per heavy atom. The topological polar surface area (TPSA) is 108 Å². The number of nitrogens with zero attached hydrogens (tertiary/aromatic N) is 4. The average Bonchev–Trinajstić information content (AvgIpc) is 3.06. The lowest BCUT2D eigenvalue weighted by molar-refractivity contribution is 0.0995. The maximum Gasteiger partial charge on any atom is 0.268 e. The van der Waals surface area contributed by atoms with Gasteiger partial charge in [-0.05, 0) is 17.7 Å². The van der Waals surface area contributed by atoms with Crippen LogP contribution < -0.4 is 15.8 Å². The summed E-state index contributed by atoms with van der Waals surface area (Å²) in [5.74, 6) is 1.35. The number of methoxy groups -OCH3 is 1. The van der Waals surface area contributed by atoms with E-state index in [4.69, 9.17) is 10.5 Å². The monoisotopic (exact) mass is 338 g/mol. The third kappa shape index (κ3) is 3.57. The number of nitrogens with one attached hydrogen (secondary N) is 1. The molecule has 25 heavy (non-hydrogen) atoms. The van der Waals surface area contributed by atoms with Crippen molar-refractivity contribution in [2.75, 3.05) is 12.4 Å². The summed E-state index contributed by atoms with van der Waals surface area (Å²) in [5, 5.41) is 3.27. The lowest BCUT2D eigenvalue weighted by Gasteiger charge is -2.20. The number of aryl methyl sites for hydroxylation is 1. The van der Waals surface area contributed by atoms with Gasteiger partial charge in [0.05, 0.1) is 19.5 Å². The number of anilines is 1. The largest absolute Gasteiger partial charge is 0.497 e. The molecule has 0 saturated carbocycles. The molecule has 0 radical (unpaired) electrons. The van der Waals surface area contributed by atoms with Gasteiger partial charge in [-0.1, -0.05) is 12.1 Å². The summed E-state index contributed by atoms with van der Waals surface area (Å²) in [6.45, 7) is 0. The second kappa shape index (κ2) is 7.00. The highest BCUT2D eigenvalue weighted by Gasteiger charge is 2.19. The van der Waals surface area contributed by atoms with Crippen LogP contribution in [0.5, 0.6) is 5.75 Å². The van der Waals surface area contributed by atoms with Gasteiger partial charge in [-0.25, -0.2) is 9.97 Å².